The fraction of sp³-hybridized carbons (Fsp3) is 0. The lowest BCUT2D eigenvalue weighted by Gasteiger charge is -2.05. The van der Waals surface area contributed by atoms with E-state index in [9.17, 15) is 0 Å². The van der Waals surface area contributed by atoms with Crippen molar-refractivity contribution in [2.24, 2.45) is 0 Å². The number of nitrogens with one attached hydrogen (secondary N) is 1. The Hall–Kier alpha value is -1.77. The molecule has 0 saturated carbocycles. The Morgan fingerprint density at radius 3 is 2.71 bits per heavy atom. The third kappa shape index (κ3) is 2.13. The molecule has 2 aromatic rings. The zero-order chi connectivity index (χ0) is 9.80. The molecule has 1 aromatic heterocycles. The Balaban J connectivity index is 2.19. The first-order valence-electron chi connectivity index (χ1n) is 4.38. The third-order valence-electron chi connectivity index (χ3n) is 1.82. The van der Waals surface area contributed by atoms with Crippen LogP contribution >= 0.6 is 0 Å². The van der Waals surface area contributed by atoms with E-state index in [2.05, 4.69) is 10.3 Å². The molecule has 0 saturated heterocycles. The fourth-order valence-corrected chi connectivity index (χ4v) is 1.20. The lowest BCUT2D eigenvalue weighted by atomic mass is 9.96. The van der Waals surface area contributed by atoms with Crippen molar-refractivity contribution in [1.29, 1.82) is 0 Å². The number of anilines is 2. The second-order valence-electron chi connectivity index (χ2n) is 2.97. The molecule has 0 atom stereocenters. The van der Waals surface area contributed by atoms with Gasteiger partial charge in [0.25, 0.3) is 0 Å². The molecule has 0 unspecified atom stereocenters. The normalized spacial score (nSPS) is 9.71. The molecule has 3 heteroatoms. The quantitative estimate of drug-likeness (QED) is 0.710. The Bertz CT molecular complexity index is 415. The standard InChI is InChI=1S/C11H9BN2/c12-9-4-3-5-10(8-9)14-11-6-1-2-7-13-11/h1-8H,(H,13,14). The molecule has 0 spiro atoms. The predicted molar refractivity (Wildman–Crippen MR) is 59.3 cm³/mol. The summed E-state index contributed by atoms with van der Waals surface area (Å²) in [6.45, 7) is 0. The monoisotopic (exact) mass is 180 g/mol. The first-order valence-corrected chi connectivity index (χ1v) is 4.38. The van der Waals surface area contributed by atoms with Crippen LogP contribution in [-0.4, -0.2) is 12.8 Å². The summed E-state index contributed by atoms with van der Waals surface area (Å²) in [6, 6.07) is 13.3. The lowest BCUT2D eigenvalue weighted by molar-refractivity contribution is 1.31. The molecule has 0 aliphatic rings. The molecule has 2 nitrogen and oxygen atoms in total. The van der Waals surface area contributed by atoms with Crippen LogP contribution in [0, 0.1) is 0 Å². The van der Waals surface area contributed by atoms with Crippen molar-refractivity contribution in [3.63, 3.8) is 0 Å². The summed E-state index contributed by atoms with van der Waals surface area (Å²) in [7, 11) is 5.65. The minimum Gasteiger partial charge on any atom is -0.340 e. The van der Waals surface area contributed by atoms with Gasteiger partial charge in [0.2, 0.25) is 0 Å². The van der Waals surface area contributed by atoms with Gasteiger partial charge in [-0.1, -0.05) is 23.7 Å². The van der Waals surface area contributed by atoms with Crippen LogP contribution in [0.5, 0.6) is 0 Å². The number of hydrogen-bond acceptors (Lipinski definition) is 2. The SMILES string of the molecule is [B]c1cccc(Nc2ccccn2)c1. The lowest BCUT2D eigenvalue weighted by Crippen LogP contribution is -2.02. The minimum absolute atomic E-state index is 0.742. The highest BCUT2D eigenvalue weighted by Crippen LogP contribution is 2.11. The van der Waals surface area contributed by atoms with E-state index < -0.39 is 0 Å². The summed E-state index contributed by atoms with van der Waals surface area (Å²) in [5, 5.41) is 3.15. The average molecular weight is 180 g/mol. The summed E-state index contributed by atoms with van der Waals surface area (Å²) < 4.78 is 0. The zero-order valence-corrected chi connectivity index (χ0v) is 7.64. The first-order chi connectivity index (χ1) is 6.84. The van der Waals surface area contributed by atoms with Crippen molar-refractivity contribution >= 4 is 24.8 Å². The highest BCUT2D eigenvalue weighted by Gasteiger charge is 1.93. The molecule has 1 aromatic carbocycles. The van der Waals surface area contributed by atoms with Gasteiger partial charge in [-0.15, -0.1) is 0 Å². The predicted octanol–water partition coefficient (Wildman–Crippen LogP) is 1.62. The molecular weight excluding hydrogens is 171 g/mol. The number of benzene rings is 1. The fourth-order valence-electron chi connectivity index (χ4n) is 1.20. The van der Waals surface area contributed by atoms with Crippen molar-refractivity contribution in [2.75, 3.05) is 5.32 Å². The number of nitrogens with zero attached hydrogens (tertiary/aromatic N) is 1. The van der Waals surface area contributed by atoms with Crippen molar-refractivity contribution in [3.8, 4) is 0 Å². The molecule has 0 aliphatic carbocycles. The van der Waals surface area contributed by atoms with E-state index in [0.717, 1.165) is 17.0 Å². The van der Waals surface area contributed by atoms with Crippen LogP contribution < -0.4 is 10.8 Å². The maximum Gasteiger partial charge on any atom is 0.130 e. The van der Waals surface area contributed by atoms with E-state index in [1.165, 1.54) is 0 Å². The van der Waals surface area contributed by atoms with Crippen LogP contribution in [0.25, 0.3) is 0 Å². The summed E-state index contributed by atoms with van der Waals surface area (Å²) in [6.07, 6.45) is 1.74. The molecule has 1 heterocycles. The largest absolute Gasteiger partial charge is 0.340 e. The Morgan fingerprint density at radius 1 is 1.07 bits per heavy atom. The summed E-state index contributed by atoms with van der Waals surface area (Å²) in [4.78, 5) is 4.15. The maximum atomic E-state index is 5.65. The highest BCUT2D eigenvalue weighted by molar-refractivity contribution is 6.32. The smallest absolute Gasteiger partial charge is 0.130 e. The Morgan fingerprint density at radius 2 is 2.00 bits per heavy atom. The van der Waals surface area contributed by atoms with Crippen LogP contribution in [0.15, 0.2) is 48.7 Å². The third-order valence-corrected chi connectivity index (χ3v) is 1.82. The zero-order valence-electron chi connectivity index (χ0n) is 7.64. The van der Waals surface area contributed by atoms with E-state index in [0.29, 0.717) is 0 Å². The van der Waals surface area contributed by atoms with Crippen LogP contribution in [0.4, 0.5) is 11.5 Å². The molecule has 66 valence electrons. The second-order valence-corrected chi connectivity index (χ2v) is 2.97. The van der Waals surface area contributed by atoms with Crippen molar-refractivity contribution < 1.29 is 0 Å². The number of aromatic nitrogens is 1. The maximum absolute atomic E-state index is 5.65. The average Bonchev–Trinajstić information content (AvgIpc) is 2.19. The van der Waals surface area contributed by atoms with Crippen molar-refractivity contribution in [2.45, 2.75) is 0 Å². The summed E-state index contributed by atoms with van der Waals surface area (Å²) in [5.41, 5.74) is 1.69. The Labute approximate surface area is 84.4 Å². The number of hydrogen-bond donors (Lipinski definition) is 1. The van der Waals surface area contributed by atoms with E-state index in [4.69, 9.17) is 7.85 Å². The van der Waals surface area contributed by atoms with Crippen molar-refractivity contribution in [3.05, 3.63) is 48.7 Å². The van der Waals surface area contributed by atoms with Gasteiger partial charge in [0, 0.05) is 11.9 Å². The summed E-state index contributed by atoms with van der Waals surface area (Å²) in [5.74, 6) is 0.818. The highest BCUT2D eigenvalue weighted by atomic mass is 15.0. The second kappa shape index (κ2) is 3.96. The van der Waals surface area contributed by atoms with E-state index in [1.807, 2.05) is 42.5 Å². The molecule has 14 heavy (non-hydrogen) atoms. The van der Waals surface area contributed by atoms with Crippen LogP contribution in [-0.2, 0) is 0 Å². The minimum atomic E-state index is 0.742. The van der Waals surface area contributed by atoms with Gasteiger partial charge >= 0.3 is 0 Å². The van der Waals surface area contributed by atoms with Gasteiger partial charge in [-0.3, -0.25) is 0 Å². The van der Waals surface area contributed by atoms with E-state index in [1.54, 1.807) is 6.20 Å². The molecule has 2 rings (SSSR count). The molecule has 0 bridgehead atoms. The summed E-state index contributed by atoms with van der Waals surface area (Å²) >= 11 is 0. The molecule has 0 fully saturated rings. The molecule has 0 aliphatic heterocycles. The molecule has 1 N–H and O–H groups in total. The number of rotatable bonds is 2. The van der Waals surface area contributed by atoms with Crippen molar-refractivity contribution in [1.82, 2.24) is 4.98 Å². The van der Waals surface area contributed by atoms with Gasteiger partial charge in [-0.05, 0) is 24.3 Å². The number of pyridine rings is 1. The first kappa shape index (κ1) is 8.82. The van der Waals surface area contributed by atoms with Gasteiger partial charge in [-0.25, -0.2) is 4.98 Å². The van der Waals surface area contributed by atoms with Gasteiger partial charge in [0.05, 0.1) is 0 Å². The van der Waals surface area contributed by atoms with Gasteiger partial charge in [-0.2, -0.15) is 0 Å². The Kier molecular flexibility index (Phi) is 2.50. The molecule has 0 amide bonds. The molecule has 2 radical (unpaired) electrons. The van der Waals surface area contributed by atoms with Crippen LogP contribution in [0.3, 0.4) is 0 Å². The van der Waals surface area contributed by atoms with E-state index >= 15 is 0 Å². The van der Waals surface area contributed by atoms with Gasteiger partial charge in [0.15, 0.2) is 0 Å². The topological polar surface area (TPSA) is 24.9 Å². The van der Waals surface area contributed by atoms with E-state index in [-0.39, 0.29) is 0 Å². The molecular formula is C11H9BN2. The van der Waals surface area contributed by atoms with Crippen LogP contribution in [0.1, 0.15) is 0 Å². The van der Waals surface area contributed by atoms with Gasteiger partial charge < -0.3 is 5.32 Å². The van der Waals surface area contributed by atoms with Gasteiger partial charge in [0.1, 0.15) is 13.7 Å². The van der Waals surface area contributed by atoms with Crippen LogP contribution in [0.2, 0.25) is 0 Å².